The van der Waals surface area contributed by atoms with E-state index in [1.807, 2.05) is 69.3 Å². The zero-order chi connectivity index (χ0) is 21.1. The minimum absolute atomic E-state index is 0.232. The highest BCUT2D eigenvalue weighted by molar-refractivity contribution is 5.79. The molecule has 0 aliphatic heterocycles. The molecule has 0 bridgehead atoms. The first-order valence-electron chi connectivity index (χ1n) is 9.80. The second-order valence-corrected chi connectivity index (χ2v) is 6.98. The van der Waals surface area contributed by atoms with Crippen LogP contribution in [0.1, 0.15) is 30.5 Å². The molecule has 0 spiro atoms. The molecule has 0 fully saturated rings. The zero-order valence-electron chi connectivity index (χ0n) is 18.0. The summed E-state index contributed by atoms with van der Waals surface area (Å²) < 4.78 is 17.7. The lowest BCUT2D eigenvalue weighted by atomic mass is 10.1. The highest BCUT2D eigenvalue weighted by Crippen LogP contribution is 2.29. The van der Waals surface area contributed by atoms with Gasteiger partial charge in [-0.1, -0.05) is 36.4 Å². The molecule has 2 rings (SSSR count). The van der Waals surface area contributed by atoms with Crippen LogP contribution in [-0.4, -0.2) is 33.1 Å². The van der Waals surface area contributed by atoms with Crippen LogP contribution in [0.25, 0.3) is 0 Å². The van der Waals surface area contributed by atoms with Crippen molar-refractivity contribution in [2.45, 2.75) is 27.7 Å². The summed E-state index contributed by atoms with van der Waals surface area (Å²) in [7, 11) is 1.52. The van der Waals surface area contributed by atoms with Gasteiger partial charge in [-0.2, -0.15) is 0 Å². The van der Waals surface area contributed by atoms with Crippen molar-refractivity contribution in [1.29, 1.82) is 0 Å². The molecular weight excluding hydrogens is 366 g/mol. The van der Waals surface area contributed by atoms with E-state index in [1.165, 1.54) is 7.11 Å². The Morgan fingerprint density at radius 1 is 0.966 bits per heavy atom. The smallest absolute Gasteiger partial charge is 0.125 e. The summed E-state index contributed by atoms with van der Waals surface area (Å²) in [5, 5.41) is 3.77. The van der Waals surface area contributed by atoms with Gasteiger partial charge in [-0.3, -0.25) is 0 Å². The van der Waals surface area contributed by atoms with Gasteiger partial charge in [0.1, 0.15) is 31.0 Å². The minimum Gasteiger partial charge on any atom is -0.493 e. The van der Waals surface area contributed by atoms with E-state index in [9.17, 15) is 0 Å². The maximum atomic E-state index is 6.09. The van der Waals surface area contributed by atoms with Crippen molar-refractivity contribution >= 4 is 6.21 Å². The molecule has 0 aromatic heterocycles. The summed E-state index contributed by atoms with van der Waals surface area (Å²) in [5.41, 5.74) is 3.06. The van der Waals surface area contributed by atoms with Crippen molar-refractivity contribution in [1.82, 2.24) is 0 Å². The van der Waals surface area contributed by atoms with Crippen molar-refractivity contribution in [3.8, 4) is 17.2 Å². The van der Waals surface area contributed by atoms with Crippen molar-refractivity contribution in [2.75, 3.05) is 26.9 Å². The van der Waals surface area contributed by atoms with Gasteiger partial charge in [-0.25, -0.2) is 0 Å². The van der Waals surface area contributed by atoms with Crippen LogP contribution < -0.4 is 14.2 Å². The number of hydrogen-bond donors (Lipinski definition) is 0. The predicted molar refractivity (Wildman–Crippen MR) is 117 cm³/mol. The summed E-state index contributed by atoms with van der Waals surface area (Å²) in [5.74, 6) is 2.80. The molecule has 156 valence electrons. The quantitative estimate of drug-likeness (QED) is 0.292. The summed E-state index contributed by atoms with van der Waals surface area (Å²) in [4.78, 5) is 4.71. The van der Waals surface area contributed by atoms with Gasteiger partial charge in [0.25, 0.3) is 0 Å². The monoisotopic (exact) mass is 397 g/mol. The Morgan fingerprint density at radius 2 is 1.69 bits per heavy atom. The normalized spacial score (nSPS) is 12.3. The third-order valence-corrected chi connectivity index (χ3v) is 4.23. The maximum absolute atomic E-state index is 6.09. The lowest BCUT2D eigenvalue weighted by Gasteiger charge is -2.18. The van der Waals surface area contributed by atoms with Crippen molar-refractivity contribution in [3.63, 3.8) is 0 Å². The van der Waals surface area contributed by atoms with Crippen LogP contribution in [0.2, 0.25) is 0 Å². The van der Waals surface area contributed by atoms with Crippen LogP contribution in [-0.2, 0) is 4.84 Å². The zero-order valence-corrected chi connectivity index (χ0v) is 18.0. The van der Waals surface area contributed by atoms with Crippen LogP contribution in [0.4, 0.5) is 0 Å². The van der Waals surface area contributed by atoms with Crippen molar-refractivity contribution in [2.24, 2.45) is 11.1 Å². The number of aryl methyl sites for hydroxylation is 2. The number of benzene rings is 2. The molecule has 0 saturated carbocycles. The number of allylic oxidation sites excluding steroid dienone is 1. The fourth-order valence-electron chi connectivity index (χ4n) is 2.77. The molecule has 0 aliphatic rings. The van der Waals surface area contributed by atoms with E-state index in [1.54, 1.807) is 6.21 Å². The summed E-state index contributed by atoms with van der Waals surface area (Å²) in [6.07, 6.45) is 5.61. The maximum Gasteiger partial charge on any atom is 0.125 e. The van der Waals surface area contributed by atoms with Crippen LogP contribution in [0.15, 0.2) is 53.7 Å². The second kappa shape index (κ2) is 11.8. The molecule has 0 amide bonds. The average Bonchev–Trinajstić information content (AvgIpc) is 2.70. The summed E-state index contributed by atoms with van der Waals surface area (Å²) in [6.45, 7) is 9.88. The molecule has 2 aromatic carbocycles. The number of ether oxygens (including phenoxy) is 3. The van der Waals surface area contributed by atoms with E-state index in [0.29, 0.717) is 19.8 Å². The van der Waals surface area contributed by atoms with Crippen LogP contribution in [0.3, 0.4) is 0 Å². The number of nitrogens with zero attached hydrogens (tertiary/aromatic N) is 1. The largest absolute Gasteiger partial charge is 0.493 e. The van der Waals surface area contributed by atoms with Crippen molar-refractivity contribution < 1.29 is 19.0 Å². The standard InChI is InChI=1S/C24H31NO4/c1-6-7-11-27-23-12-19(3)24(20(4)13-23)29-17-18(2)16-28-22-10-8-9-21(14-22)15-25-26-5/h6-10,12-15,18H,11,16-17H2,1-5H3/b7-6+,25-15?. The van der Waals surface area contributed by atoms with Crippen LogP contribution >= 0.6 is 0 Å². The van der Waals surface area contributed by atoms with Gasteiger partial charge in [0, 0.05) is 5.92 Å². The predicted octanol–water partition coefficient (Wildman–Crippen LogP) is 5.33. The molecule has 0 aliphatic carbocycles. The number of oxime groups is 1. The van der Waals surface area contributed by atoms with Gasteiger partial charge in [0.15, 0.2) is 0 Å². The molecular formula is C24H31NO4. The summed E-state index contributed by atoms with van der Waals surface area (Å²) in [6, 6.07) is 11.8. The SMILES string of the molecule is C/C=C/COc1cc(C)c(OCC(C)COc2cccc(C=NOC)c2)c(C)c1. The highest BCUT2D eigenvalue weighted by Gasteiger charge is 2.10. The van der Waals surface area contributed by atoms with E-state index in [0.717, 1.165) is 33.9 Å². The van der Waals surface area contributed by atoms with Gasteiger partial charge >= 0.3 is 0 Å². The average molecular weight is 398 g/mol. The van der Waals surface area contributed by atoms with E-state index < -0.39 is 0 Å². The van der Waals surface area contributed by atoms with E-state index in [-0.39, 0.29) is 5.92 Å². The van der Waals surface area contributed by atoms with Crippen LogP contribution in [0.5, 0.6) is 17.2 Å². The van der Waals surface area contributed by atoms with Gasteiger partial charge in [-0.05, 0) is 61.7 Å². The molecule has 5 nitrogen and oxygen atoms in total. The third kappa shape index (κ3) is 7.53. The molecule has 0 N–H and O–H groups in total. The Balaban J connectivity index is 1.87. The number of hydrogen-bond acceptors (Lipinski definition) is 5. The third-order valence-electron chi connectivity index (χ3n) is 4.23. The van der Waals surface area contributed by atoms with Gasteiger partial charge in [-0.15, -0.1) is 0 Å². The molecule has 29 heavy (non-hydrogen) atoms. The van der Waals surface area contributed by atoms with Gasteiger partial charge in [0.05, 0.1) is 19.4 Å². The Bertz CT molecular complexity index is 806. The molecule has 1 atom stereocenters. The topological polar surface area (TPSA) is 49.3 Å². The molecule has 0 radical (unpaired) electrons. The lowest BCUT2D eigenvalue weighted by molar-refractivity contribution is 0.187. The molecule has 2 aromatic rings. The Labute approximate surface area is 173 Å². The second-order valence-electron chi connectivity index (χ2n) is 6.98. The first kappa shape index (κ1) is 22.3. The summed E-state index contributed by atoms with van der Waals surface area (Å²) >= 11 is 0. The lowest BCUT2D eigenvalue weighted by Crippen LogP contribution is -2.17. The molecule has 5 heteroatoms. The van der Waals surface area contributed by atoms with Gasteiger partial charge < -0.3 is 19.0 Å². The van der Waals surface area contributed by atoms with E-state index in [4.69, 9.17) is 19.0 Å². The number of rotatable bonds is 11. The van der Waals surface area contributed by atoms with Gasteiger partial charge in [0.2, 0.25) is 0 Å². The molecule has 0 saturated heterocycles. The molecule has 0 heterocycles. The Morgan fingerprint density at radius 3 is 2.38 bits per heavy atom. The minimum atomic E-state index is 0.232. The first-order chi connectivity index (χ1) is 14.0. The van der Waals surface area contributed by atoms with E-state index >= 15 is 0 Å². The Hall–Kier alpha value is -2.95. The van der Waals surface area contributed by atoms with Crippen molar-refractivity contribution in [3.05, 3.63) is 65.2 Å². The Kier molecular flexibility index (Phi) is 9.09. The van der Waals surface area contributed by atoms with E-state index in [2.05, 4.69) is 12.1 Å². The molecule has 1 unspecified atom stereocenters. The van der Waals surface area contributed by atoms with Crippen LogP contribution in [0, 0.1) is 19.8 Å². The highest BCUT2D eigenvalue weighted by atomic mass is 16.6. The fourth-order valence-corrected chi connectivity index (χ4v) is 2.77. The fraction of sp³-hybridized carbons (Fsp3) is 0.375. The first-order valence-corrected chi connectivity index (χ1v) is 9.80.